The third kappa shape index (κ3) is 2.41. The van der Waals surface area contributed by atoms with Crippen LogP contribution in [0, 0.1) is 18.8 Å². The third-order valence-corrected chi connectivity index (χ3v) is 5.20. The smallest absolute Gasteiger partial charge is 0.147 e. The van der Waals surface area contributed by atoms with Crippen molar-refractivity contribution in [2.24, 2.45) is 11.8 Å². The molecule has 4 nitrogen and oxygen atoms in total. The molecule has 0 N–H and O–H groups in total. The van der Waals surface area contributed by atoms with E-state index in [0.29, 0.717) is 12.1 Å². The zero-order chi connectivity index (χ0) is 14.3. The molecule has 2 heterocycles. The third-order valence-electron chi connectivity index (χ3n) is 5.20. The molecule has 3 atom stereocenters. The maximum atomic E-state index is 4.54. The van der Waals surface area contributed by atoms with Crippen molar-refractivity contribution in [2.75, 3.05) is 25.0 Å². The fourth-order valence-corrected chi connectivity index (χ4v) is 3.91. The molecule has 0 radical (unpaired) electrons. The predicted molar refractivity (Wildman–Crippen MR) is 81.9 cm³/mol. The fraction of sp³-hybridized carbons (Fsp3) is 0.750. The number of fused-ring (bicyclic) bond motifs is 1. The van der Waals surface area contributed by atoms with Crippen LogP contribution >= 0.6 is 0 Å². The van der Waals surface area contributed by atoms with Gasteiger partial charge in [0.25, 0.3) is 0 Å². The van der Waals surface area contributed by atoms with Crippen molar-refractivity contribution in [3.05, 3.63) is 18.1 Å². The van der Waals surface area contributed by atoms with Crippen molar-refractivity contribution in [1.29, 1.82) is 0 Å². The summed E-state index contributed by atoms with van der Waals surface area (Å²) in [4.78, 5) is 13.9. The van der Waals surface area contributed by atoms with Gasteiger partial charge >= 0.3 is 0 Å². The van der Waals surface area contributed by atoms with E-state index in [1.54, 1.807) is 0 Å². The summed E-state index contributed by atoms with van der Waals surface area (Å²) in [5.41, 5.74) is 0.985. The average Bonchev–Trinajstić information content (AvgIpc) is 2.98. The summed E-state index contributed by atoms with van der Waals surface area (Å²) in [6, 6.07) is 1.30. The highest BCUT2D eigenvalue weighted by Gasteiger charge is 2.44. The minimum absolute atomic E-state index is 0.626. The number of anilines is 1. The lowest BCUT2D eigenvalue weighted by atomic mass is 9.97. The summed E-state index contributed by atoms with van der Waals surface area (Å²) in [6.07, 6.45) is 6.45. The van der Waals surface area contributed by atoms with E-state index < -0.39 is 0 Å². The first-order valence-corrected chi connectivity index (χ1v) is 7.81. The van der Waals surface area contributed by atoms with Gasteiger partial charge in [-0.2, -0.15) is 0 Å². The lowest BCUT2D eigenvalue weighted by Gasteiger charge is -2.31. The number of aromatic nitrogens is 2. The van der Waals surface area contributed by atoms with Gasteiger partial charge < -0.3 is 9.80 Å². The number of hydrogen-bond donors (Lipinski definition) is 0. The van der Waals surface area contributed by atoms with Crippen LogP contribution in [-0.4, -0.2) is 47.1 Å². The number of hydrogen-bond acceptors (Lipinski definition) is 4. The predicted octanol–water partition coefficient (Wildman–Crippen LogP) is 2.34. The van der Waals surface area contributed by atoms with Gasteiger partial charge in [-0.15, -0.1) is 0 Å². The minimum atomic E-state index is 0.626. The summed E-state index contributed by atoms with van der Waals surface area (Å²) in [7, 11) is 2.18. The van der Waals surface area contributed by atoms with Gasteiger partial charge in [0.05, 0.1) is 18.1 Å². The second-order valence-corrected chi connectivity index (χ2v) is 6.74. The molecule has 0 spiro atoms. The molecule has 0 bridgehead atoms. The van der Waals surface area contributed by atoms with E-state index in [1.165, 1.54) is 25.9 Å². The van der Waals surface area contributed by atoms with Gasteiger partial charge in [-0.05, 0) is 45.4 Å². The molecule has 2 aliphatic rings. The second-order valence-electron chi connectivity index (χ2n) is 6.74. The first-order valence-electron chi connectivity index (χ1n) is 7.81. The van der Waals surface area contributed by atoms with Gasteiger partial charge in [0.2, 0.25) is 0 Å². The number of rotatable bonds is 3. The molecule has 2 fully saturated rings. The van der Waals surface area contributed by atoms with Crippen LogP contribution in [0.3, 0.4) is 0 Å². The first kappa shape index (κ1) is 13.8. The Balaban J connectivity index is 1.73. The highest BCUT2D eigenvalue weighted by molar-refractivity contribution is 5.37. The zero-order valence-electron chi connectivity index (χ0n) is 13.1. The average molecular weight is 274 g/mol. The van der Waals surface area contributed by atoms with Crippen molar-refractivity contribution in [3.63, 3.8) is 0 Å². The molecule has 1 aliphatic heterocycles. The van der Waals surface area contributed by atoms with Crippen LogP contribution < -0.4 is 4.90 Å². The molecule has 110 valence electrons. The van der Waals surface area contributed by atoms with Crippen LogP contribution in [-0.2, 0) is 0 Å². The SMILES string of the molecule is Cc1cnc(N(C)[C@@H]2CC[C@@H]3CN(C(C)C)C[C@@H]32)cn1. The van der Waals surface area contributed by atoms with Gasteiger partial charge in [0.15, 0.2) is 0 Å². The molecule has 0 amide bonds. The molecular weight excluding hydrogens is 248 g/mol. The largest absolute Gasteiger partial charge is 0.355 e. The van der Waals surface area contributed by atoms with E-state index in [4.69, 9.17) is 0 Å². The molecule has 3 rings (SSSR count). The summed E-state index contributed by atoms with van der Waals surface area (Å²) >= 11 is 0. The Labute approximate surface area is 122 Å². The molecular formula is C16H26N4. The highest BCUT2D eigenvalue weighted by atomic mass is 15.2. The van der Waals surface area contributed by atoms with Crippen LogP contribution in [0.4, 0.5) is 5.82 Å². The van der Waals surface area contributed by atoms with Crippen LogP contribution in [0.25, 0.3) is 0 Å². The molecule has 4 heteroatoms. The normalized spacial score (nSPS) is 29.9. The number of likely N-dealkylation sites (tertiary alicyclic amines) is 1. The molecule has 20 heavy (non-hydrogen) atoms. The fourth-order valence-electron chi connectivity index (χ4n) is 3.91. The zero-order valence-corrected chi connectivity index (χ0v) is 13.1. The Bertz CT molecular complexity index is 456. The Hall–Kier alpha value is -1.16. The summed E-state index contributed by atoms with van der Waals surface area (Å²) < 4.78 is 0. The van der Waals surface area contributed by atoms with Crippen LogP contribution in [0.15, 0.2) is 12.4 Å². The van der Waals surface area contributed by atoms with Gasteiger partial charge in [0.1, 0.15) is 5.82 Å². The quantitative estimate of drug-likeness (QED) is 0.847. The van der Waals surface area contributed by atoms with Crippen molar-refractivity contribution in [3.8, 4) is 0 Å². The maximum Gasteiger partial charge on any atom is 0.147 e. The van der Waals surface area contributed by atoms with E-state index in [2.05, 4.69) is 40.7 Å². The van der Waals surface area contributed by atoms with E-state index >= 15 is 0 Å². The summed E-state index contributed by atoms with van der Waals surface area (Å²) in [5, 5.41) is 0. The van der Waals surface area contributed by atoms with E-state index in [9.17, 15) is 0 Å². The van der Waals surface area contributed by atoms with E-state index in [1.807, 2.05) is 19.3 Å². The molecule has 1 aromatic heterocycles. The standard InChI is InChI=1S/C16H26N4/c1-11(2)20-9-13-5-6-15(14(13)10-20)19(4)16-8-17-12(3)7-18-16/h7-8,11,13-15H,5-6,9-10H2,1-4H3/t13-,14+,15-/m1/s1. The molecule has 0 aromatic carbocycles. The summed E-state index contributed by atoms with van der Waals surface area (Å²) in [5.74, 6) is 2.69. The Morgan fingerprint density at radius 3 is 2.65 bits per heavy atom. The monoisotopic (exact) mass is 274 g/mol. The van der Waals surface area contributed by atoms with Crippen LogP contribution in [0.2, 0.25) is 0 Å². The van der Waals surface area contributed by atoms with Gasteiger partial charge in [-0.1, -0.05) is 0 Å². The number of aryl methyl sites for hydroxylation is 1. The lowest BCUT2D eigenvalue weighted by Crippen LogP contribution is -2.39. The molecule has 0 unspecified atom stereocenters. The van der Waals surface area contributed by atoms with Gasteiger partial charge in [-0.25, -0.2) is 4.98 Å². The highest BCUT2D eigenvalue weighted by Crippen LogP contribution is 2.41. The molecule has 1 aliphatic carbocycles. The topological polar surface area (TPSA) is 32.3 Å². The lowest BCUT2D eigenvalue weighted by molar-refractivity contribution is 0.250. The molecule has 1 saturated carbocycles. The molecule has 1 saturated heterocycles. The van der Waals surface area contributed by atoms with E-state index in [0.717, 1.165) is 23.3 Å². The van der Waals surface area contributed by atoms with Crippen LogP contribution in [0.1, 0.15) is 32.4 Å². The van der Waals surface area contributed by atoms with Crippen molar-refractivity contribution in [2.45, 2.75) is 45.7 Å². The minimum Gasteiger partial charge on any atom is -0.355 e. The van der Waals surface area contributed by atoms with Crippen molar-refractivity contribution < 1.29 is 0 Å². The Kier molecular flexibility index (Phi) is 3.67. The van der Waals surface area contributed by atoms with E-state index in [-0.39, 0.29) is 0 Å². The Morgan fingerprint density at radius 2 is 2.00 bits per heavy atom. The van der Waals surface area contributed by atoms with Crippen LogP contribution in [0.5, 0.6) is 0 Å². The van der Waals surface area contributed by atoms with Crippen molar-refractivity contribution in [1.82, 2.24) is 14.9 Å². The summed E-state index contributed by atoms with van der Waals surface area (Å²) in [6.45, 7) is 9.14. The Morgan fingerprint density at radius 1 is 1.20 bits per heavy atom. The van der Waals surface area contributed by atoms with Gasteiger partial charge in [0, 0.05) is 32.2 Å². The maximum absolute atomic E-state index is 4.54. The van der Waals surface area contributed by atoms with Gasteiger partial charge in [-0.3, -0.25) is 4.98 Å². The number of nitrogens with zero attached hydrogens (tertiary/aromatic N) is 4. The first-order chi connectivity index (χ1) is 9.56. The second kappa shape index (κ2) is 5.32. The molecule has 1 aromatic rings. The van der Waals surface area contributed by atoms with Crippen molar-refractivity contribution >= 4 is 5.82 Å².